The number of benzene rings is 2. The molecule has 4 N–H and O–H groups in total. The normalized spacial score (nSPS) is 10.9. The van der Waals surface area contributed by atoms with Gasteiger partial charge in [0.2, 0.25) is 0 Å². The fraction of sp³-hybridized carbons (Fsp3) is 0.500. The molecule has 0 radical (unpaired) electrons. The van der Waals surface area contributed by atoms with Gasteiger partial charge in [-0.25, -0.2) is 0 Å². The van der Waals surface area contributed by atoms with Crippen LogP contribution in [0.25, 0.3) is 0 Å². The van der Waals surface area contributed by atoms with Crippen molar-refractivity contribution in [3.05, 3.63) is 48.5 Å². The summed E-state index contributed by atoms with van der Waals surface area (Å²) in [4.78, 5) is 40.6. The highest BCUT2D eigenvalue weighted by Crippen LogP contribution is 2.21. The number of anilines is 2. The second-order valence-electron chi connectivity index (χ2n) is 9.30. The Balaban J connectivity index is 1.69. The number of unbranched alkanes of at least 4 members (excludes halogenated alkanes) is 2. The van der Waals surface area contributed by atoms with E-state index in [0.29, 0.717) is 49.1 Å². The molecule has 2 aromatic carbocycles. The minimum Gasteiger partial charge on any atom is -0.466 e. The summed E-state index contributed by atoms with van der Waals surface area (Å²) < 4.78 is 16.1. The predicted octanol–water partition coefficient (Wildman–Crippen LogP) is 5.03. The molecule has 41 heavy (non-hydrogen) atoms. The second-order valence-corrected chi connectivity index (χ2v) is 11.6. The maximum Gasteiger partial charge on any atom is 0.307 e. The van der Waals surface area contributed by atoms with Gasteiger partial charge in [0.25, 0.3) is 0 Å². The van der Waals surface area contributed by atoms with Crippen LogP contribution in [-0.2, 0) is 28.6 Å². The molecule has 0 heterocycles. The van der Waals surface area contributed by atoms with Crippen LogP contribution >= 0.6 is 23.5 Å². The summed E-state index contributed by atoms with van der Waals surface area (Å²) in [6.45, 7) is 4.14. The Hall–Kier alpha value is -2.89. The molecule has 0 amide bonds. The number of hydrogen-bond acceptors (Lipinski definition) is 11. The van der Waals surface area contributed by atoms with Gasteiger partial charge < -0.3 is 25.7 Å². The topological polar surface area (TPSA) is 134 Å². The molecule has 0 unspecified atom stereocenters. The molecule has 2 rings (SSSR count). The molecule has 0 saturated carbocycles. The lowest BCUT2D eigenvalue weighted by Crippen LogP contribution is -2.34. The lowest BCUT2D eigenvalue weighted by atomic mass is 10.3. The van der Waals surface area contributed by atoms with E-state index < -0.39 is 0 Å². The van der Waals surface area contributed by atoms with Crippen LogP contribution in [0.15, 0.2) is 58.3 Å². The fourth-order valence-electron chi connectivity index (χ4n) is 3.55. The first-order valence-electron chi connectivity index (χ1n) is 14.0. The molecule has 0 fully saturated rings. The zero-order valence-corrected chi connectivity index (χ0v) is 25.5. The van der Waals surface area contributed by atoms with Gasteiger partial charge in [-0.1, -0.05) is 19.8 Å². The van der Waals surface area contributed by atoms with Crippen molar-refractivity contribution < 1.29 is 28.6 Å². The van der Waals surface area contributed by atoms with Crippen LogP contribution < -0.4 is 11.5 Å². The number of carbonyl (C=O) groups excluding carboxylic acids is 3. The molecule has 0 spiro atoms. The van der Waals surface area contributed by atoms with Gasteiger partial charge in [0.05, 0.1) is 25.9 Å². The molecule has 0 aliphatic heterocycles. The minimum absolute atomic E-state index is 0.184. The van der Waals surface area contributed by atoms with Gasteiger partial charge in [-0.3, -0.25) is 19.3 Å². The van der Waals surface area contributed by atoms with Crippen LogP contribution in [0.5, 0.6) is 0 Å². The van der Waals surface area contributed by atoms with Crippen molar-refractivity contribution in [1.82, 2.24) is 4.90 Å². The van der Waals surface area contributed by atoms with E-state index in [-0.39, 0.29) is 50.4 Å². The summed E-state index contributed by atoms with van der Waals surface area (Å²) in [5.41, 5.74) is 12.8. The van der Waals surface area contributed by atoms with Gasteiger partial charge in [-0.15, -0.1) is 23.5 Å². The van der Waals surface area contributed by atoms with Crippen LogP contribution in [0.4, 0.5) is 11.4 Å². The average Bonchev–Trinajstić information content (AvgIpc) is 2.96. The number of esters is 3. The van der Waals surface area contributed by atoms with Crippen molar-refractivity contribution in [2.75, 3.05) is 62.4 Å². The Kier molecular flexibility index (Phi) is 17.5. The number of rotatable bonds is 21. The van der Waals surface area contributed by atoms with Gasteiger partial charge in [0.1, 0.15) is 13.2 Å². The second kappa shape index (κ2) is 20.9. The number of carbonyl (C=O) groups is 3. The van der Waals surface area contributed by atoms with Crippen molar-refractivity contribution in [1.29, 1.82) is 0 Å². The highest BCUT2D eigenvalue weighted by atomic mass is 32.2. The van der Waals surface area contributed by atoms with E-state index in [1.165, 1.54) is 0 Å². The molecule has 0 aliphatic rings. The molecule has 9 nitrogen and oxygen atoms in total. The molecule has 0 aromatic heterocycles. The minimum atomic E-state index is -0.284. The van der Waals surface area contributed by atoms with Gasteiger partial charge in [0, 0.05) is 52.3 Å². The molecule has 0 saturated heterocycles. The highest BCUT2D eigenvalue weighted by molar-refractivity contribution is 7.99. The Labute approximate surface area is 252 Å². The summed E-state index contributed by atoms with van der Waals surface area (Å²) >= 11 is 3.13. The molecule has 226 valence electrons. The van der Waals surface area contributed by atoms with Crippen molar-refractivity contribution >= 4 is 52.8 Å². The maximum atomic E-state index is 12.2. The molecular formula is C30H43N3O6S2. The zero-order valence-electron chi connectivity index (χ0n) is 23.9. The number of nitrogen functional groups attached to an aromatic ring is 2. The first-order valence-corrected chi connectivity index (χ1v) is 16.0. The van der Waals surface area contributed by atoms with Crippen molar-refractivity contribution in [3.8, 4) is 0 Å². The summed E-state index contributed by atoms with van der Waals surface area (Å²) in [5, 5.41) is 0. The molecule has 0 aliphatic carbocycles. The SMILES string of the molecule is CCCCCOC(=O)CCN(CCOC(=O)CCSc1ccc(N)cc1)CCOC(=O)CCSc1ccc(N)cc1. The summed E-state index contributed by atoms with van der Waals surface area (Å²) in [5.74, 6) is 0.368. The largest absolute Gasteiger partial charge is 0.466 e. The van der Waals surface area contributed by atoms with E-state index in [1.54, 1.807) is 23.5 Å². The standard InChI is InChI=1S/C30H43N3O6S2/c1-2-3-4-19-37-28(34)13-16-33(17-20-38-29(35)14-22-40-26-9-5-24(31)6-10-26)18-21-39-30(36)15-23-41-27-11-7-25(32)8-12-27/h5-12H,2-4,13-23,31-32H2,1H3. The van der Waals surface area contributed by atoms with E-state index >= 15 is 0 Å². The molecular weight excluding hydrogens is 562 g/mol. The predicted molar refractivity (Wildman–Crippen MR) is 166 cm³/mol. The first kappa shape index (κ1) is 34.3. The molecule has 0 atom stereocenters. The van der Waals surface area contributed by atoms with E-state index in [9.17, 15) is 14.4 Å². The Bertz CT molecular complexity index is 968. The average molecular weight is 606 g/mol. The number of ether oxygens (including phenoxy) is 3. The number of nitrogens with two attached hydrogens (primary N) is 2. The van der Waals surface area contributed by atoms with E-state index in [1.807, 2.05) is 53.4 Å². The Morgan fingerprint density at radius 3 is 1.54 bits per heavy atom. The van der Waals surface area contributed by atoms with Crippen LogP contribution in [0.1, 0.15) is 45.4 Å². The van der Waals surface area contributed by atoms with Gasteiger partial charge in [-0.05, 0) is 55.0 Å². The van der Waals surface area contributed by atoms with Crippen molar-refractivity contribution in [3.63, 3.8) is 0 Å². The van der Waals surface area contributed by atoms with Crippen molar-refractivity contribution in [2.24, 2.45) is 0 Å². The smallest absolute Gasteiger partial charge is 0.307 e. The van der Waals surface area contributed by atoms with Crippen LogP contribution in [0.2, 0.25) is 0 Å². The summed E-state index contributed by atoms with van der Waals surface area (Å²) in [6, 6.07) is 15.0. The van der Waals surface area contributed by atoms with Crippen molar-refractivity contribution in [2.45, 2.75) is 55.2 Å². The quantitative estimate of drug-likeness (QED) is 0.0652. The fourth-order valence-corrected chi connectivity index (χ4v) is 5.22. The monoisotopic (exact) mass is 605 g/mol. The lowest BCUT2D eigenvalue weighted by Gasteiger charge is -2.21. The van der Waals surface area contributed by atoms with Crippen LogP contribution in [-0.4, -0.2) is 73.8 Å². The molecule has 2 aromatic rings. The number of thioether (sulfide) groups is 2. The third kappa shape index (κ3) is 16.8. The van der Waals surface area contributed by atoms with Gasteiger partial charge in [0.15, 0.2) is 0 Å². The van der Waals surface area contributed by atoms with E-state index in [2.05, 4.69) is 6.92 Å². The summed E-state index contributed by atoms with van der Waals surface area (Å²) in [7, 11) is 0. The zero-order chi connectivity index (χ0) is 29.7. The van der Waals surface area contributed by atoms with E-state index in [0.717, 1.165) is 29.1 Å². The molecule has 11 heteroatoms. The van der Waals surface area contributed by atoms with Gasteiger partial charge >= 0.3 is 17.9 Å². The van der Waals surface area contributed by atoms with E-state index in [4.69, 9.17) is 25.7 Å². The number of nitrogens with zero attached hydrogens (tertiary/aromatic N) is 1. The Morgan fingerprint density at radius 2 is 1.07 bits per heavy atom. The Morgan fingerprint density at radius 1 is 0.634 bits per heavy atom. The van der Waals surface area contributed by atoms with Crippen LogP contribution in [0, 0.1) is 0 Å². The number of hydrogen-bond donors (Lipinski definition) is 2. The first-order chi connectivity index (χ1) is 19.9. The highest BCUT2D eigenvalue weighted by Gasteiger charge is 2.13. The maximum absolute atomic E-state index is 12.2. The third-order valence-electron chi connectivity index (χ3n) is 5.89. The van der Waals surface area contributed by atoms with Crippen LogP contribution in [0.3, 0.4) is 0 Å². The molecule has 0 bridgehead atoms. The third-order valence-corrected chi connectivity index (χ3v) is 7.92. The van der Waals surface area contributed by atoms with Gasteiger partial charge in [-0.2, -0.15) is 0 Å². The lowest BCUT2D eigenvalue weighted by molar-refractivity contribution is -0.147. The summed E-state index contributed by atoms with van der Waals surface area (Å²) in [6.07, 6.45) is 3.71.